The molecule has 1 radical (unpaired) electrons. The van der Waals surface area contributed by atoms with E-state index in [4.69, 9.17) is 0 Å². The Morgan fingerprint density at radius 3 is 2.27 bits per heavy atom. The number of fused-ring (bicyclic) bond motifs is 1. The van der Waals surface area contributed by atoms with Crippen LogP contribution in [0.4, 0.5) is 13.2 Å². The molecule has 1 atom stereocenters. The molecule has 1 unspecified atom stereocenters. The first-order valence-electron chi connectivity index (χ1n) is 4.45. The maximum absolute atomic E-state index is 13.3. The Labute approximate surface area is 85.3 Å². The van der Waals surface area contributed by atoms with Crippen LogP contribution in [0.3, 0.4) is 0 Å². The largest absolute Gasteiger partial charge is 0.242 e. The summed E-state index contributed by atoms with van der Waals surface area (Å²) in [5, 5.41) is 0.442. The molecule has 3 heteroatoms. The average Bonchev–Trinajstić information content (AvgIpc) is 2.23. The summed E-state index contributed by atoms with van der Waals surface area (Å²) in [5.41, 5.74) is 0.0736. The molecule has 0 fully saturated rings. The second-order valence-corrected chi connectivity index (χ2v) is 3.27. The van der Waals surface area contributed by atoms with Crippen molar-refractivity contribution in [1.82, 2.24) is 0 Å². The van der Waals surface area contributed by atoms with Gasteiger partial charge >= 0.3 is 0 Å². The summed E-state index contributed by atoms with van der Waals surface area (Å²) >= 11 is 0. The molecular weight excluding hydrogens is 201 g/mol. The average molecular weight is 209 g/mol. The molecule has 0 nitrogen and oxygen atoms in total. The second kappa shape index (κ2) is 3.57. The van der Waals surface area contributed by atoms with E-state index in [-0.39, 0.29) is 10.9 Å². The van der Waals surface area contributed by atoms with Crippen LogP contribution in [0.5, 0.6) is 0 Å². The molecule has 15 heavy (non-hydrogen) atoms. The molecule has 0 aliphatic carbocycles. The van der Waals surface area contributed by atoms with Crippen LogP contribution in [0.15, 0.2) is 30.3 Å². The van der Waals surface area contributed by atoms with Crippen LogP contribution in [0.1, 0.15) is 11.7 Å². The smallest absolute Gasteiger partial charge is 0.166 e. The van der Waals surface area contributed by atoms with Gasteiger partial charge in [0.25, 0.3) is 0 Å². The number of hydrogen-bond acceptors (Lipinski definition) is 0. The first kappa shape index (κ1) is 10.0. The van der Waals surface area contributed by atoms with Gasteiger partial charge in [0, 0.05) is 5.39 Å². The zero-order chi connectivity index (χ0) is 11.0. The van der Waals surface area contributed by atoms with Crippen LogP contribution < -0.4 is 0 Å². The van der Waals surface area contributed by atoms with Crippen LogP contribution in [-0.2, 0) is 0 Å². The van der Waals surface area contributed by atoms with Gasteiger partial charge in [0.1, 0.15) is 6.17 Å². The van der Waals surface area contributed by atoms with E-state index < -0.39 is 17.8 Å². The molecule has 0 aliphatic rings. The molecule has 2 aromatic carbocycles. The van der Waals surface area contributed by atoms with E-state index in [1.54, 1.807) is 18.2 Å². The molecular formula is C12H8F3. The Morgan fingerprint density at radius 2 is 1.67 bits per heavy atom. The highest BCUT2D eigenvalue weighted by Gasteiger charge is 2.14. The number of rotatable bonds is 1. The monoisotopic (exact) mass is 209 g/mol. The van der Waals surface area contributed by atoms with Crippen molar-refractivity contribution in [2.45, 2.75) is 6.17 Å². The van der Waals surface area contributed by atoms with Crippen LogP contribution in [-0.4, -0.2) is 0 Å². The predicted molar refractivity (Wildman–Crippen MR) is 53.1 cm³/mol. The lowest BCUT2D eigenvalue weighted by Crippen LogP contribution is -1.94. The fourth-order valence-corrected chi connectivity index (χ4v) is 1.59. The highest BCUT2D eigenvalue weighted by Crippen LogP contribution is 2.29. The lowest BCUT2D eigenvalue weighted by Gasteiger charge is -2.08. The van der Waals surface area contributed by atoms with Crippen LogP contribution in [0.25, 0.3) is 10.8 Å². The first-order chi connectivity index (χ1) is 7.11. The highest BCUT2D eigenvalue weighted by molar-refractivity contribution is 5.86. The third kappa shape index (κ3) is 1.58. The molecule has 0 heterocycles. The van der Waals surface area contributed by atoms with Gasteiger partial charge in [-0.15, -0.1) is 0 Å². The molecule has 0 saturated heterocycles. The van der Waals surface area contributed by atoms with Crippen LogP contribution >= 0.6 is 0 Å². The third-order valence-electron chi connectivity index (χ3n) is 2.30. The zero-order valence-corrected chi connectivity index (χ0v) is 7.81. The Bertz CT molecular complexity index is 503. The van der Waals surface area contributed by atoms with Gasteiger partial charge in [0.15, 0.2) is 11.6 Å². The zero-order valence-electron chi connectivity index (χ0n) is 7.81. The van der Waals surface area contributed by atoms with E-state index in [2.05, 4.69) is 6.92 Å². The van der Waals surface area contributed by atoms with Gasteiger partial charge in [-0.25, -0.2) is 13.2 Å². The Hall–Kier alpha value is -1.51. The lowest BCUT2D eigenvalue weighted by atomic mass is 10.0. The number of benzene rings is 2. The van der Waals surface area contributed by atoms with E-state index in [0.717, 1.165) is 6.07 Å². The summed E-state index contributed by atoms with van der Waals surface area (Å²) in [5.74, 6) is -2.00. The predicted octanol–water partition coefficient (Wildman–Crippen LogP) is 3.96. The summed E-state index contributed by atoms with van der Waals surface area (Å²) in [6.45, 7) is 3.17. The summed E-state index contributed by atoms with van der Waals surface area (Å²) in [6.07, 6.45) is -1.56. The lowest BCUT2D eigenvalue weighted by molar-refractivity contribution is 0.410. The minimum Gasteiger partial charge on any atom is -0.242 e. The van der Waals surface area contributed by atoms with Crippen molar-refractivity contribution in [3.05, 3.63) is 54.5 Å². The van der Waals surface area contributed by atoms with Gasteiger partial charge in [0.05, 0.1) is 0 Å². The van der Waals surface area contributed by atoms with Crippen molar-refractivity contribution in [3.8, 4) is 0 Å². The summed E-state index contributed by atoms with van der Waals surface area (Å²) < 4.78 is 39.5. The quantitative estimate of drug-likeness (QED) is 0.666. The van der Waals surface area contributed by atoms with Crippen molar-refractivity contribution < 1.29 is 13.2 Å². The normalized spacial score (nSPS) is 13.1. The number of hydrogen-bond donors (Lipinski definition) is 0. The molecule has 2 rings (SSSR count). The SMILES string of the molecule is [CH2]C(F)c1cc(F)c(F)c2ccccc12. The van der Waals surface area contributed by atoms with E-state index in [1.807, 2.05) is 0 Å². The van der Waals surface area contributed by atoms with Gasteiger partial charge in [-0.05, 0) is 23.9 Å². The first-order valence-corrected chi connectivity index (χ1v) is 4.45. The topological polar surface area (TPSA) is 0 Å². The molecule has 0 N–H and O–H groups in total. The number of halogens is 3. The molecule has 0 saturated carbocycles. The Kier molecular flexibility index (Phi) is 2.39. The second-order valence-electron chi connectivity index (χ2n) is 3.27. The third-order valence-corrected chi connectivity index (χ3v) is 2.30. The minimum absolute atomic E-state index is 0.0736. The molecule has 0 spiro atoms. The molecule has 0 amide bonds. The fourth-order valence-electron chi connectivity index (χ4n) is 1.59. The summed E-state index contributed by atoms with van der Waals surface area (Å²) in [4.78, 5) is 0. The van der Waals surface area contributed by atoms with Crippen molar-refractivity contribution in [3.63, 3.8) is 0 Å². The maximum atomic E-state index is 13.3. The standard InChI is InChI=1S/C12H8F3/c1-7(13)10-6-11(14)12(15)9-5-3-2-4-8(9)10/h2-7H,1H2. The molecule has 77 valence electrons. The molecule has 0 bridgehead atoms. The molecule has 0 aliphatic heterocycles. The molecule has 0 aromatic heterocycles. The van der Waals surface area contributed by atoms with E-state index in [1.165, 1.54) is 6.07 Å². The van der Waals surface area contributed by atoms with Crippen molar-refractivity contribution in [2.24, 2.45) is 0 Å². The highest BCUT2D eigenvalue weighted by atomic mass is 19.2. The van der Waals surface area contributed by atoms with Crippen molar-refractivity contribution in [2.75, 3.05) is 0 Å². The van der Waals surface area contributed by atoms with Gasteiger partial charge in [-0.1, -0.05) is 24.3 Å². The van der Waals surface area contributed by atoms with Gasteiger partial charge < -0.3 is 0 Å². The fraction of sp³-hybridized carbons (Fsp3) is 0.0833. The van der Waals surface area contributed by atoms with E-state index >= 15 is 0 Å². The summed E-state index contributed by atoms with van der Waals surface area (Å²) in [7, 11) is 0. The van der Waals surface area contributed by atoms with Crippen molar-refractivity contribution >= 4 is 10.8 Å². The van der Waals surface area contributed by atoms with Crippen molar-refractivity contribution in [1.29, 1.82) is 0 Å². The Balaban J connectivity index is 2.88. The van der Waals surface area contributed by atoms with E-state index in [0.29, 0.717) is 5.39 Å². The minimum atomic E-state index is -1.56. The number of alkyl halides is 1. The van der Waals surface area contributed by atoms with Gasteiger partial charge in [-0.2, -0.15) is 0 Å². The van der Waals surface area contributed by atoms with Gasteiger partial charge in [0.2, 0.25) is 0 Å². The van der Waals surface area contributed by atoms with Gasteiger partial charge in [-0.3, -0.25) is 0 Å². The molecule has 2 aromatic rings. The van der Waals surface area contributed by atoms with E-state index in [9.17, 15) is 13.2 Å². The van der Waals surface area contributed by atoms with Crippen LogP contribution in [0, 0.1) is 18.6 Å². The summed E-state index contributed by atoms with van der Waals surface area (Å²) in [6, 6.07) is 7.04. The van der Waals surface area contributed by atoms with Crippen LogP contribution in [0.2, 0.25) is 0 Å². The Morgan fingerprint density at radius 1 is 1.07 bits per heavy atom. The maximum Gasteiger partial charge on any atom is 0.166 e.